The van der Waals surface area contributed by atoms with Gasteiger partial charge in [0.05, 0.1) is 5.69 Å². The van der Waals surface area contributed by atoms with Crippen molar-refractivity contribution in [1.29, 1.82) is 0 Å². The van der Waals surface area contributed by atoms with E-state index in [-0.39, 0.29) is 5.69 Å². The number of halogens is 1. The molecule has 0 saturated carbocycles. The van der Waals surface area contributed by atoms with Gasteiger partial charge in [0.1, 0.15) is 0 Å². The standard InChI is InChI=1S/C9H6FNOS/c10-9-7(11)6-3-1-2-5(4-12)8(6)13-9/h1-4H,11H2. The quantitative estimate of drug-likeness (QED) is 0.710. The first-order valence-corrected chi connectivity index (χ1v) is 4.47. The van der Waals surface area contributed by atoms with Crippen LogP contribution in [-0.2, 0) is 0 Å². The van der Waals surface area contributed by atoms with Crippen molar-refractivity contribution in [1.82, 2.24) is 0 Å². The fourth-order valence-corrected chi connectivity index (χ4v) is 2.15. The van der Waals surface area contributed by atoms with Crippen molar-refractivity contribution >= 4 is 33.4 Å². The van der Waals surface area contributed by atoms with E-state index in [1.54, 1.807) is 18.2 Å². The molecule has 0 unspecified atom stereocenters. The first-order chi connectivity index (χ1) is 6.24. The van der Waals surface area contributed by atoms with Gasteiger partial charge in [-0.2, -0.15) is 4.39 Å². The van der Waals surface area contributed by atoms with Crippen molar-refractivity contribution in [3.8, 4) is 0 Å². The molecule has 66 valence electrons. The largest absolute Gasteiger partial charge is 0.395 e. The normalized spacial score (nSPS) is 10.5. The van der Waals surface area contributed by atoms with Crippen molar-refractivity contribution in [2.24, 2.45) is 0 Å². The Morgan fingerprint density at radius 2 is 2.23 bits per heavy atom. The number of nitrogen functional groups attached to an aromatic ring is 1. The van der Waals surface area contributed by atoms with E-state index in [2.05, 4.69) is 0 Å². The number of carbonyl (C=O) groups excluding carboxylic acids is 1. The average Bonchev–Trinajstić information content (AvgIpc) is 2.43. The van der Waals surface area contributed by atoms with E-state index in [0.29, 0.717) is 21.9 Å². The average molecular weight is 195 g/mol. The molecule has 4 heteroatoms. The monoisotopic (exact) mass is 195 g/mol. The number of aldehydes is 1. The van der Waals surface area contributed by atoms with Gasteiger partial charge in [-0.1, -0.05) is 18.2 Å². The Labute approximate surface area is 77.8 Å². The molecule has 0 atom stereocenters. The van der Waals surface area contributed by atoms with Gasteiger partial charge in [0.15, 0.2) is 6.29 Å². The highest BCUT2D eigenvalue weighted by Gasteiger charge is 2.10. The number of hydrogen-bond donors (Lipinski definition) is 1. The van der Waals surface area contributed by atoms with Crippen LogP contribution in [0, 0.1) is 5.13 Å². The molecule has 2 N–H and O–H groups in total. The Morgan fingerprint density at radius 3 is 2.92 bits per heavy atom. The third-order valence-electron chi connectivity index (χ3n) is 1.87. The van der Waals surface area contributed by atoms with Gasteiger partial charge >= 0.3 is 0 Å². The van der Waals surface area contributed by atoms with Gasteiger partial charge in [0.2, 0.25) is 5.13 Å². The van der Waals surface area contributed by atoms with E-state index in [1.807, 2.05) is 0 Å². The molecule has 1 aromatic carbocycles. The number of hydrogen-bond acceptors (Lipinski definition) is 3. The summed E-state index contributed by atoms with van der Waals surface area (Å²) in [5, 5.41) is 0.191. The lowest BCUT2D eigenvalue weighted by Gasteiger charge is -1.92. The maximum Gasteiger partial charge on any atom is 0.200 e. The summed E-state index contributed by atoms with van der Waals surface area (Å²) in [6, 6.07) is 5.04. The molecule has 0 fully saturated rings. The summed E-state index contributed by atoms with van der Waals surface area (Å²) in [6.45, 7) is 0. The number of carbonyl (C=O) groups is 1. The van der Waals surface area contributed by atoms with E-state index >= 15 is 0 Å². The Balaban J connectivity index is 2.92. The lowest BCUT2D eigenvalue weighted by molar-refractivity contribution is 0.112. The minimum Gasteiger partial charge on any atom is -0.395 e. The van der Waals surface area contributed by atoms with Crippen LogP contribution in [0.15, 0.2) is 18.2 Å². The number of benzene rings is 1. The van der Waals surface area contributed by atoms with Gasteiger partial charge in [0.25, 0.3) is 0 Å². The van der Waals surface area contributed by atoms with Crippen molar-refractivity contribution in [2.45, 2.75) is 0 Å². The Bertz CT molecular complexity index is 478. The number of nitrogens with two attached hydrogens (primary N) is 1. The van der Waals surface area contributed by atoms with Crippen LogP contribution < -0.4 is 5.73 Å². The smallest absolute Gasteiger partial charge is 0.200 e. The molecule has 0 aliphatic rings. The molecule has 1 heterocycles. The summed E-state index contributed by atoms with van der Waals surface area (Å²) in [5.41, 5.74) is 6.09. The summed E-state index contributed by atoms with van der Waals surface area (Å²) in [6.07, 6.45) is 0.706. The highest BCUT2D eigenvalue weighted by atomic mass is 32.1. The molecule has 0 amide bonds. The van der Waals surface area contributed by atoms with Crippen LogP contribution >= 0.6 is 11.3 Å². The second kappa shape index (κ2) is 2.81. The summed E-state index contributed by atoms with van der Waals surface area (Å²) < 4.78 is 13.6. The number of rotatable bonds is 1. The first-order valence-electron chi connectivity index (χ1n) is 3.65. The van der Waals surface area contributed by atoms with E-state index < -0.39 is 5.13 Å². The van der Waals surface area contributed by atoms with E-state index in [4.69, 9.17) is 5.73 Å². The molecule has 0 radical (unpaired) electrons. The zero-order chi connectivity index (χ0) is 9.42. The van der Waals surface area contributed by atoms with Crippen molar-refractivity contribution in [2.75, 3.05) is 5.73 Å². The first kappa shape index (κ1) is 8.19. The van der Waals surface area contributed by atoms with Crippen LogP contribution in [0.5, 0.6) is 0 Å². The molecule has 0 aliphatic heterocycles. The minimum absolute atomic E-state index is 0.128. The second-order valence-electron chi connectivity index (χ2n) is 2.63. The van der Waals surface area contributed by atoms with Gasteiger partial charge in [-0.25, -0.2) is 0 Å². The van der Waals surface area contributed by atoms with Crippen molar-refractivity contribution in [3.63, 3.8) is 0 Å². The highest BCUT2D eigenvalue weighted by molar-refractivity contribution is 7.18. The van der Waals surface area contributed by atoms with Crippen LogP contribution in [0.25, 0.3) is 10.1 Å². The summed E-state index contributed by atoms with van der Waals surface area (Å²) >= 11 is 0.907. The minimum atomic E-state index is -0.427. The lowest BCUT2D eigenvalue weighted by Crippen LogP contribution is -1.84. The zero-order valence-electron chi connectivity index (χ0n) is 6.58. The predicted molar refractivity (Wildman–Crippen MR) is 51.6 cm³/mol. The topological polar surface area (TPSA) is 43.1 Å². The molecular weight excluding hydrogens is 189 g/mol. The molecule has 2 nitrogen and oxygen atoms in total. The third-order valence-corrected chi connectivity index (χ3v) is 2.92. The van der Waals surface area contributed by atoms with Crippen molar-refractivity contribution < 1.29 is 9.18 Å². The van der Waals surface area contributed by atoms with Gasteiger partial charge < -0.3 is 5.73 Å². The molecule has 0 bridgehead atoms. The van der Waals surface area contributed by atoms with Gasteiger partial charge in [-0.05, 0) is 0 Å². The number of thiophene rings is 1. The van der Waals surface area contributed by atoms with Crippen LogP contribution in [-0.4, -0.2) is 6.29 Å². The fraction of sp³-hybridized carbons (Fsp3) is 0. The Hall–Kier alpha value is -1.42. The van der Waals surface area contributed by atoms with E-state index in [1.165, 1.54) is 0 Å². The van der Waals surface area contributed by atoms with Crippen LogP contribution in [0.4, 0.5) is 10.1 Å². The Kier molecular flexibility index (Phi) is 1.77. The van der Waals surface area contributed by atoms with E-state index in [0.717, 1.165) is 11.3 Å². The van der Waals surface area contributed by atoms with E-state index in [9.17, 15) is 9.18 Å². The molecular formula is C9H6FNOS. The lowest BCUT2D eigenvalue weighted by atomic mass is 10.2. The maximum absolute atomic E-state index is 13.0. The van der Waals surface area contributed by atoms with Crippen LogP contribution in [0.3, 0.4) is 0 Å². The summed E-state index contributed by atoms with van der Waals surface area (Å²) in [7, 11) is 0. The molecule has 0 saturated heterocycles. The highest BCUT2D eigenvalue weighted by Crippen LogP contribution is 2.33. The molecule has 13 heavy (non-hydrogen) atoms. The van der Waals surface area contributed by atoms with Gasteiger partial charge in [0, 0.05) is 15.6 Å². The third kappa shape index (κ3) is 1.10. The number of fused-ring (bicyclic) bond motifs is 1. The van der Waals surface area contributed by atoms with Gasteiger partial charge in [-0.15, -0.1) is 11.3 Å². The maximum atomic E-state index is 13.0. The second-order valence-corrected chi connectivity index (χ2v) is 3.60. The summed E-state index contributed by atoms with van der Waals surface area (Å²) in [4.78, 5) is 10.6. The molecule has 0 aliphatic carbocycles. The molecule has 1 aromatic heterocycles. The predicted octanol–water partition coefficient (Wildman–Crippen LogP) is 2.44. The van der Waals surface area contributed by atoms with Crippen LogP contribution in [0.2, 0.25) is 0 Å². The molecule has 2 rings (SSSR count). The fourth-order valence-electron chi connectivity index (χ4n) is 1.22. The van der Waals surface area contributed by atoms with Gasteiger partial charge in [-0.3, -0.25) is 4.79 Å². The van der Waals surface area contributed by atoms with Crippen molar-refractivity contribution in [3.05, 3.63) is 28.9 Å². The molecule has 0 spiro atoms. The Morgan fingerprint density at radius 1 is 1.46 bits per heavy atom. The SMILES string of the molecule is Nc1c(F)sc2c(C=O)cccc12. The number of anilines is 1. The molecule has 2 aromatic rings. The summed E-state index contributed by atoms with van der Waals surface area (Å²) in [5.74, 6) is 0. The zero-order valence-corrected chi connectivity index (χ0v) is 7.40. The van der Waals surface area contributed by atoms with Crippen LogP contribution in [0.1, 0.15) is 10.4 Å².